The van der Waals surface area contributed by atoms with Crippen molar-refractivity contribution in [1.29, 1.82) is 0 Å². The molecule has 0 aliphatic carbocycles. The summed E-state index contributed by atoms with van der Waals surface area (Å²) in [5, 5.41) is 0.564. The summed E-state index contributed by atoms with van der Waals surface area (Å²) in [6.07, 6.45) is -2.57. The van der Waals surface area contributed by atoms with E-state index in [0.29, 0.717) is 11.6 Å². The summed E-state index contributed by atoms with van der Waals surface area (Å²) in [5.41, 5.74) is 2.92. The number of para-hydroxylation sites is 2. The lowest BCUT2D eigenvalue weighted by atomic mass is 9.75. The molecule has 4 rings (SSSR count). The minimum Gasteiger partial charge on any atom is -0.323 e. The van der Waals surface area contributed by atoms with Crippen LogP contribution in [0.4, 0.5) is 8.78 Å². The van der Waals surface area contributed by atoms with Gasteiger partial charge in [-0.25, -0.2) is 13.8 Å². The lowest BCUT2D eigenvalue weighted by Crippen LogP contribution is -2.34. The first-order chi connectivity index (χ1) is 11.0. The number of alkyl halides is 2. The number of aromatic nitrogens is 2. The van der Waals surface area contributed by atoms with E-state index in [2.05, 4.69) is 0 Å². The van der Waals surface area contributed by atoms with Gasteiger partial charge in [0.2, 0.25) is 6.43 Å². The molecule has 0 bridgehead atoms. The topological polar surface area (TPSA) is 17.8 Å². The average Bonchev–Trinajstić information content (AvgIpc) is 2.85. The van der Waals surface area contributed by atoms with Crippen molar-refractivity contribution in [3.63, 3.8) is 0 Å². The molecule has 2 nitrogen and oxygen atoms in total. The third-order valence-corrected chi connectivity index (χ3v) is 4.87. The standard InChI is InChI=1S/C18H15ClF2N2/c1-18(9-16(20)21)10-23-15-5-3-2-4-14(15)22-17(23)12-7-6-11(19)8-13(12)18/h2-8,16H,9-10H2,1H3. The Hall–Kier alpha value is -1.94. The molecule has 0 N–H and O–H groups in total. The summed E-state index contributed by atoms with van der Waals surface area (Å²) in [6.45, 7) is 2.35. The minimum atomic E-state index is -2.37. The number of imidazole rings is 1. The zero-order chi connectivity index (χ0) is 16.2. The fourth-order valence-electron chi connectivity index (χ4n) is 3.60. The van der Waals surface area contributed by atoms with Crippen LogP contribution in [0.2, 0.25) is 5.02 Å². The highest BCUT2D eigenvalue weighted by Crippen LogP contribution is 2.45. The molecule has 1 aromatic heterocycles. The van der Waals surface area contributed by atoms with Crippen LogP contribution in [0, 0.1) is 0 Å². The molecular weight excluding hydrogens is 318 g/mol. The molecule has 1 unspecified atom stereocenters. The molecule has 0 amide bonds. The summed E-state index contributed by atoms with van der Waals surface area (Å²) in [7, 11) is 0. The molecule has 0 spiro atoms. The van der Waals surface area contributed by atoms with Crippen molar-refractivity contribution >= 4 is 22.6 Å². The highest BCUT2D eigenvalue weighted by Gasteiger charge is 2.38. The molecule has 1 aliphatic rings. The first-order valence-corrected chi connectivity index (χ1v) is 7.89. The van der Waals surface area contributed by atoms with Crippen molar-refractivity contribution in [3.05, 3.63) is 53.1 Å². The van der Waals surface area contributed by atoms with E-state index in [9.17, 15) is 8.78 Å². The molecule has 0 fully saturated rings. The molecule has 0 saturated carbocycles. The van der Waals surface area contributed by atoms with Gasteiger partial charge in [-0.1, -0.05) is 30.7 Å². The minimum absolute atomic E-state index is 0.202. The van der Waals surface area contributed by atoms with Crippen molar-refractivity contribution in [2.24, 2.45) is 0 Å². The van der Waals surface area contributed by atoms with Gasteiger partial charge in [0, 0.05) is 29.0 Å². The van der Waals surface area contributed by atoms with Gasteiger partial charge in [0.1, 0.15) is 5.82 Å². The lowest BCUT2D eigenvalue weighted by molar-refractivity contribution is 0.101. The molecular formula is C18H15ClF2N2. The van der Waals surface area contributed by atoms with Crippen LogP contribution in [0.3, 0.4) is 0 Å². The molecule has 2 heterocycles. The average molecular weight is 333 g/mol. The SMILES string of the molecule is CC1(CC(F)F)Cn2c(nc3ccccc32)-c2ccc(Cl)cc21. The lowest BCUT2D eigenvalue weighted by Gasteiger charge is -2.37. The molecule has 118 valence electrons. The van der Waals surface area contributed by atoms with E-state index in [1.165, 1.54) is 0 Å². The second-order valence-electron chi connectivity index (χ2n) is 6.36. The summed E-state index contributed by atoms with van der Waals surface area (Å²) >= 11 is 6.13. The van der Waals surface area contributed by atoms with Crippen molar-refractivity contribution in [2.75, 3.05) is 0 Å². The van der Waals surface area contributed by atoms with Crippen LogP contribution in [0.1, 0.15) is 18.9 Å². The molecule has 5 heteroatoms. The maximum atomic E-state index is 13.2. The number of hydrogen-bond acceptors (Lipinski definition) is 1. The van der Waals surface area contributed by atoms with E-state index in [1.807, 2.05) is 47.9 Å². The van der Waals surface area contributed by atoms with Gasteiger partial charge in [-0.2, -0.15) is 0 Å². The third kappa shape index (κ3) is 2.24. The molecule has 3 aromatic rings. The molecule has 2 aromatic carbocycles. The number of rotatable bonds is 2. The number of benzene rings is 2. The Balaban J connectivity index is 2.01. The van der Waals surface area contributed by atoms with Crippen LogP contribution in [0.15, 0.2) is 42.5 Å². The summed E-state index contributed by atoms with van der Waals surface area (Å²) < 4.78 is 28.5. The van der Waals surface area contributed by atoms with Gasteiger partial charge in [-0.05, 0) is 35.9 Å². The Kier molecular flexibility index (Phi) is 3.20. The Morgan fingerprint density at radius 1 is 1.26 bits per heavy atom. The number of hydrogen-bond donors (Lipinski definition) is 0. The summed E-state index contributed by atoms with van der Waals surface area (Å²) in [5.74, 6) is 0.824. The van der Waals surface area contributed by atoms with Crippen molar-refractivity contribution < 1.29 is 8.78 Å². The zero-order valence-corrected chi connectivity index (χ0v) is 13.3. The van der Waals surface area contributed by atoms with E-state index in [1.54, 1.807) is 6.07 Å². The maximum absolute atomic E-state index is 13.2. The molecule has 0 saturated heterocycles. The highest BCUT2D eigenvalue weighted by atomic mass is 35.5. The first-order valence-electron chi connectivity index (χ1n) is 7.52. The van der Waals surface area contributed by atoms with E-state index in [0.717, 1.165) is 28.0 Å². The summed E-state index contributed by atoms with van der Waals surface area (Å²) in [6, 6.07) is 13.3. The number of halogens is 3. The Morgan fingerprint density at radius 2 is 2.04 bits per heavy atom. The zero-order valence-electron chi connectivity index (χ0n) is 12.6. The van der Waals surface area contributed by atoms with Gasteiger partial charge >= 0.3 is 0 Å². The second-order valence-corrected chi connectivity index (χ2v) is 6.79. The van der Waals surface area contributed by atoms with E-state index < -0.39 is 11.8 Å². The molecule has 23 heavy (non-hydrogen) atoms. The van der Waals surface area contributed by atoms with Gasteiger partial charge in [0.15, 0.2) is 0 Å². The first kappa shape index (κ1) is 14.6. The van der Waals surface area contributed by atoms with Crippen molar-refractivity contribution in [1.82, 2.24) is 9.55 Å². The van der Waals surface area contributed by atoms with Crippen LogP contribution in [-0.4, -0.2) is 16.0 Å². The second kappa shape index (κ2) is 5.03. The van der Waals surface area contributed by atoms with Crippen LogP contribution in [0.25, 0.3) is 22.4 Å². The van der Waals surface area contributed by atoms with E-state index in [-0.39, 0.29) is 6.42 Å². The van der Waals surface area contributed by atoms with Gasteiger partial charge in [0.05, 0.1) is 11.0 Å². The normalized spacial score (nSPS) is 19.9. The van der Waals surface area contributed by atoms with Crippen LogP contribution < -0.4 is 0 Å². The van der Waals surface area contributed by atoms with E-state index >= 15 is 0 Å². The van der Waals surface area contributed by atoms with Gasteiger partial charge in [0.25, 0.3) is 0 Å². The van der Waals surface area contributed by atoms with Gasteiger partial charge in [-0.3, -0.25) is 0 Å². The fourth-order valence-corrected chi connectivity index (χ4v) is 3.77. The largest absolute Gasteiger partial charge is 0.323 e. The van der Waals surface area contributed by atoms with Crippen molar-refractivity contribution in [3.8, 4) is 11.4 Å². The predicted molar refractivity (Wildman–Crippen MR) is 88.2 cm³/mol. The van der Waals surface area contributed by atoms with Crippen LogP contribution in [0.5, 0.6) is 0 Å². The Labute approximate surface area is 137 Å². The van der Waals surface area contributed by atoms with Gasteiger partial charge < -0.3 is 4.57 Å². The maximum Gasteiger partial charge on any atom is 0.239 e. The Bertz CT molecular complexity index is 903. The number of fused-ring (bicyclic) bond motifs is 5. The smallest absolute Gasteiger partial charge is 0.239 e. The fraction of sp³-hybridized carbons (Fsp3) is 0.278. The van der Waals surface area contributed by atoms with Crippen molar-refractivity contribution in [2.45, 2.75) is 31.7 Å². The Morgan fingerprint density at radius 3 is 2.83 bits per heavy atom. The molecule has 1 aliphatic heterocycles. The van der Waals surface area contributed by atoms with Crippen LogP contribution in [-0.2, 0) is 12.0 Å². The van der Waals surface area contributed by atoms with E-state index in [4.69, 9.17) is 16.6 Å². The quantitative estimate of drug-likeness (QED) is 0.624. The monoisotopic (exact) mass is 332 g/mol. The van der Waals surface area contributed by atoms with Crippen LogP contribution >= 0.6 is 11.6 Å². The molecule has 0 radical (unpaired) electrons. The predicted octanol–water partition coefficient (Wildman–Crippen LogP) is 5.28. The highest BCUT2D eigenvalue weighted by molar-refractivity contribution is 6.30. The third-order valence-electron chi connectivity index (χ3n) is 4.64. The number of nitrogens with zero attached hydrogens (tertiary/aromatic N) is 2. The summed E-state index contributed by atoms with van der Waals surface area (Å²) in [4.78, 5) is 4.70. The van der Waals surface area contributed by atoms with Gasteiger partial charge in [-0.15, -0.1) is 0 Å². The molecule has 1 atom stereocenters.